The van der Waals surface area contributed by atoms with E-state index >= 15 is 0 Å². The zero-order chi connectivity index (χ0) is 28.1. The quantitative estimate of drug-likeness (QED) is 0.166. The number of anilines is 1. The van der Waals surface area contributed by atoms with E-state index in [9.17, 15) is 4.79 Å². The van der Waals surface area contributed by atoms with Gasteiger partial charge in [0, 0.05) is 16.5 Å². The number of benzene rings is 3. The SMILES string of the molecule is CCOc1cc(C2C(C(=O)OC)=C(C)Nc3nc(SCc4ccccc4Cl)nn32)ccc1OCc1ccccc1. The molecule has 0 amide bonds. The topological polar surface area (TPSA) is 87.5 Å². The molecule has 0 spiro atoms. The predicted octanol–water partition coefficient (Wildman–Crippen LogP) is 6.66. The number of hydrogen-bond acceptors (Lipinski definition) is 8. The zero-order valence-corrected chi connectivity index (χ0v) is 24.0. The third-order valence-electron chi connectivity index (χ3n) is 6.37. The summed E-state index contributed by atoms with van der Waals surface area (Å²) in [5.41, 5.74) is 3.90. The van der Waals surface area contributed by atoms with Crippen molar-refractivity contribution in [2.45, 2.75) is 37.4 Å². The van der Waals surface area contributed by atoms with Gasteiger partial charge in [0.2, 0.25) is 11.1 Å². The van der Waals surface area contributed by atoms with Gasteiger partial charge in [0.1, 0.15) is 12.6 Å². The van der Waals surface area contributed by atoms with Crippen LogP contribution in [0.4, 0.5) is 5.95 Å². The highest BCUT2D eigenvalue weighted by molar-refractivity contribution is 7.98. The molecule has 3 aromatic carbocycles. The van der Waals surface area contributed by atoms with Crippen molar-refractivity contribution >= 4 is 35.3 Å². The zero-order valence-electron chi connectivity index (χ0n) is 22.4. The molecule has 1 unspecified atom stereocenters. The molecular formula is C30H29ClN4O4S. The first kappa shape index (κ1) is 27.6. The number of aromatic nitrogens is 3. The summed E-state index contributed by atoms with van der Waals surface area (Å²) in [4.78, 5) is 17.7. The average molecular weight is 577 g/mol. The number of halogens is 1. The van der Waals surface area contributed by atoms with Crippen molar-refractivity contribution in [2.75, 3.05) is 19.0 Å². The van der Waals surface area contributed by atoms with E-state index in [0.717, 1.165) is 16.7 Å². The first-order valence-corrected chi connectivity index (χ1v) is 14.2. The van der Waals surface area contributed by atoms with Crippen LogP contribution in [0.3, 0.4) is 0 Å². The van der Waals surface area contributed by atoms with Crippen LogP contribution in [0.2, 0.25) is 5.02 Å². The second-order valence-corrected chi connectivity index (χ2v) is 10.4. The first-order chi connectivity index (χ1) is 19.5. The van der Waals surface area contributed by atoms with Gasteiger partial charge >= 0.3 is 5.97 Å². The van der Waals surface area contributed by atoms with Gasteiger partial charge in [-0.25, -0.2) is 9.48 Å². The Morgan fingerprint density at radius 2 is 1.82 bits per heavy atom. The number of fused-ring (bicyclic) bond motifs is 1. The van der Waals surface area contributed by atoms with E-state index in [0.29, 0.717) is 57.9 Å². The van der Waals surface area contributed by atoms with Crippen LogP contribution < -0.4 is 14.8 Å². The Kier molecular flexibility index (Phi) is 8.62. The maximum absolute atomic E-state index is 13.0. The van der Waals surface area contributed by atoms with Gasteiger partial charge in [-0.2, -0.15) is 4.98 Å². The standard InChI is InChI=1S/C30H29ClN4O4S/c1-4-38-25-16-21(14-15-24(25)39-17-20-10-6-5-7-11-20)27-26(28(36)37-3)19(2)32-29-33-30(34-35(27)29)40-18-22-12-8-9-13-23(22)31/h5-16,27H,4,17-18H2,1-3H3,(H,32,33,34). The number of thioether (sulfide) groups is 1. The lowest BCUT2D eigenvalue weighted by molar-refractivity contribution is -0.136. The molecule has 0 saturated heterocycles. The molecule has 0 aliphatic carbocycles. The van der Waals surface area contributed by atoms with E-state index in [2.05, 4.69) is 5.32 Å². The summed E-state index contributed by atoms with van der Waals surface area (Å²) >= 11 is 7.81. The molecule has 1 aliphatic rings. The van der Waals surface area contributed by atoms with Crippen LogP contribution in [0.1, 0.15) is 36.6 Å². The molecule has 1 atom stereocenters. The number of methoxy groups -OCH3 is 1. The minimum atomic E-state index is -0.590. The van der Waals surface area contributed by atoms with Crippen molar-refractivity contribution in [2.24, 2.45) is 0 Å². The molecule has 0 bridgehead atoms. The highest BCUT2D eigenvalue weighted by atomic mass is 35.5. The largest absolute Gasteiger partial charge is 0.490 e. The molecule has 4 aromatic rings. The van der Waals surface area contributed by atoms with Crippen LogP contribution in [-0.2, 0) is 21.9 Å². The van der Waals surface area contributed by atoms with Gasteiger partial charge in [0.15, 0.2) is 11.5 Å². The number of hydrogen-bond donors (Lipinski definition) is 1. The lowest BCUT2D eigenvalue weighted by Gasteiger charge is -2.28. The lowest BCUT2D eigenvalue weighted by atomic mass is 9.95. The van der Waals surface area contributed by atoms with Crippen molar-refractivity contribution in [1.29, 1.82) is 0 Å². The monoisotopic (exact) mass is 576 g/mol. The van der Waals surface area contributed by atoms with Gasteiger partial charge in [0.25, 0.3) is 0 Å². The van der Waals surface area contributed by atoms with E-state index in [-0.39, 0.29) is 0 Å². The minimum absolute atomic E-state index is 0.402. The minimum Gasteiger partial charge on any atom is -0.490 e. The molecule has 5 rings (SSSR count). The summed E-state index contributed by atoms with van der Waals surface area (Å²) in [6, 6.07) is 22.7. The second kappa shape index (κ2) is 12.5. The third-order valence-corrected chi connectivity index (χ3v) is 7.63. The van der Waals surface area contributed by atoms with E-state index in [1.165, 1.54) is 18.9 Å². The van der Waals surface area contributed by atoms with Crippen molar-refractivity contribution in [3.8, 4) is 11.5 Å². The molecule has 206 valence electrons. The Balaban J connectivity index is 1.48. The van der Waals surface area contributed by atoms with Gasteiger partial charge < -0.3 is 19.5 Å². The number of esters is 1. The summed E-state index contributed by atoms with van der Waals surface area (Å²) < 4.78 is 18.9. The van der Waals surface area contributed by atoms with Gasteiger partial charge in [-0.15, -0.1) is 5.10 Å². The van der Waals surface area contributed by atoms with Crippen molar-refractivity contribution in [3.63, 3.8) is 0 Å². The number of nitrogens with zero attached hydrogens (tertiary/aromatic N) is 3. The lowest BCUT2D eigenvalue weighted by Crippen LogP contribution is -2.29. The molecule has 2 heterocycles. The van der Waals surface area contributed by atoms with Crippen LogP contribution in [0.25, 0.3) is 0 Å². The number of nitrogens with one attached hydrogen (secondary N) is 1. The number of allylic oxidation sites excluding steroid dienone is 1. The van der Waals surface area contributed by atoms with E-state index in [1.807, 2.05) is 86.6 Å². The van der Waals surface area contributed by atoms with Crippen molar-refractivity contribution in [3.05, 3.63) is 106 Å². The molecule has 1 N–H and O–H groups in total. The molecule has 0 saturated carbocycles. The Morgan fingerprint density at radius 1 is 1.05 bits per heavy atom. The highest BCUT2D eigenvalue weighted by Crippen LogP contribution is 2.40. The fourth-order valence-corrected chi connectivity index (χ4v) is 5.57. The smallest absolute Gasteiger partial charge is 0.338 e. The van der Waals surface area contributed by atoms with Gasteiger partial charge in [0.05, 0.1) is 19.3 Å². The number of ether oxygens (including phenoxy) is 3. The van der Waals surface area contributed by atoms with Gasteiger partial charge in [-0.1, -0.05) is 78.0 Å². The van der Waals surface area contributed by atoms with E-state index < -0.39 is 12.0 Å². The molecule has 10 heteroatoms. The predicted molar refractivity (Wildman–Crippen MR) is 156 cm³/mol. The van der Waals surface area contributed by atoms with Crippen LogP contribution in [-0.4, -0.2) is 34.5 Å². The second-order valence-electron chi connectivity index (χ2n) is 9.01. The number of carbonyl (C=O) groups excluding carboxylic acids is 1. The van der Waals surface area contributed by atoms with E-state index in [4.69, 9.17) is 35.9 Å². The maximum atomic E-state index is 13.0. The van der Waals surface area contributed by atoms with Crippen LogP contribution in [0.15, 0.2) is 89.2 Å². The Labute approximate surface area is 242 Å². The Bertz CT molecular complexity index is 1540. The van der Waals surface area contributed by atoms with Gasteiger partial charge in [-0.05, 0) is 48.7 Å². The van der Waals surface area contributed by atoms with E-state index in [1.54, 1.807) is 4.68 Å². The summed E-state index contributed by atoms with van der Waals surface area (Å²) in [5, 5.41) is 9.24. The fraction of sp³-hybridized carbons (Fsp3) is 0.233. The van der Waals surface area contributed by atoms with Crippen molar-refractivity contribution in [1.82, 2.24) is 14.8 Å². The molecule has 1 aliphatic heterocycles. The van der Waals surface area contributed by atoms with Crippen LogP contribution in [0.5, 0.6) is 11.5 Å². The fourth-order valence-electron chi connectivity index (χ4n) is 4.45. The van der Waals surface area contributed by atoms with Crippen LogP contribution in [0, 0.1) is 0 Å². The maximum Gasteiger partial charge on any atom is 0.338 e. The normalized spacial score (nSPS) is 14.3. The average Bonchev–Trinajstić information content (AvgIpc) is 3.38. The first-order valence-electron chi connectivity index (χ1n) is 12.8. The number of carbonyl (C=O) groups is 1. The van der Waals surface area contributed by atoms with Gasteiger partial charge in [-0.3, -0.25) is 0 Å². The Hall–Kier alpha value is -3.95. The highest BCUT2D eigenvalue weighted by Gasteiger charge is 2.35. The summed E-state index contributed by atoms with van der Waals surface area (Å²) in [5.74, 6) is 1.86. The summed E-state index contributed by atoms with van der Waals surface area (Å²) in [7, 11) is 1.37. The molecule has 0 radical (unpaired) electrons. The molecule has 8 nitrogen and oxygen atoms in total. The Morgan fingerprint density at radius 3 is 2.58 bits per heavy atom. The van der Waals surface area contributed by atoms with Crippen molar-refractivity contribution < 1.29 is 19.0 Å². The number of rotatable bonds is 10. The summed E-state index contributed by atoms with van der Waals surface area (Å²) in [6.45, 7) is 4.60. The summed E-state index contributed by atoms with van der Waals surface area (Å²) in [6.07, 6.45) is 0. The molecule has 1 aromatic heterocycles. The molecule has 0 fully saturated rings. The molecule has 40 heavy (non-hydrogen) atoms. The van der Waals surface area contributed by atoms with Crippen LogP contribution >= 0.6 is 23.4 Å². The molecular weight excluding hydrogens is 548 g/mol. The third kappa shape index (κ3) is 5.95.